The van der Waals surface area contributed by atoms with Gasteiger partial charge in [-0.15, -0.1) is 0 Å². The number of amides is 1. The first-order valence-corrected chi connectivity index (χ1v) is 7.22. The van der Waals surface area contributed by atoms with Crippen molar-refractivity contribution in [3.05, 3.63) is 59.4 Å². The minimum atomic E-state index is -0.0692. The normalized spacial score (nSPS) is 10.2. The molecule has 0 aliphatic carbocycles. The molecule has 0 radical (unpaired) electrons. The highest BCUT2D eigenvalue weighted by Gasteiger charge is 2.06. The van der Waals surface area contributed by atoms with Crippen LogP contribution >= 0.6 is 0 Å². The van der Waals surface area contributed by atoms with Crippen LogP contribution in [-0.4, -0.2) is 17.4 Å². The van der Waals surface area contributed by atoms with E-state index in [1.165, 1.54) is 0 Å². The van der Waals surface area contributed by atoms with E-state index in [2.05, 4.69) is 22.5 Å². The molecule has 1 heterocycles. The highest BCUT2D eigenvalue weighted by molar-refractivity contribution is 5.94. The predicted molar refractivity (Wildman–Crippen MR) is 85.4 cm³/mol. The molecular formula is C17H21N3O. The van der Waals surface area contributed by atoms with Crippen molar-refractivity contribution in [2.24, 2.45) is 0 Å². The molecule has 0 spiro atoms. The van der Waals surface area contributed by atoms with E-state index in [1.54, 1.807) is 12.4 Å². The average Bonchev–Trinajstić information content (AvgIpc) is 2.52. The maximum Gasteiger partial charge on any atom is 0.251 e. The Morgan fingerprint density at radius 2 is 1.95 bits per heavy atom. The Hall–Kier alpha value is -2.36. The summed E-state index contributed by atoms with van der Waals surface area (Å²) in [4.78, 5) is 16.2. The van der Waals surface area contributed by atoms with E-state index in [9.17, 15) is 4.79 Å². The fraction of sp³-hybridized carbons (Fsp3) is 0.294. The van der Waals surface area contributed by atoms with Crippen LogP contribution in [0.5, 0.6) is 0 Å². The minimum absolute atomic E-state index is 0.0692. The van der Waals surface area contributed by atoms with Crippen molar-refractivity contribution in [1.82, 2.24) is 10.3 Å². The zero-order chi connectivity index (χ0) is 15.1. The maximum absolute atomic E-state index is 12.1. The van der Waals surface area contributed by atoms with Gasteiger partial charge >= 0.3 is 0 Å². The summed E-state index contributed by atoms with van der Waals surface area (Å²) in [5, 5.41) is 6.21. The molecule has 4 heteroatoms. The van der Waals surface area contributed by atoms with Gasteiger partial charge in [-0.1, -0.05) is 6.92 Å². The van der Waals surface area contributed by atoms with Gasteiger partial charge in [-0.25, -0.2) is 0 Å². The molecule has 0 bridgehead atoms. The first-order valence-electron chi connectivity index (χ1n) is 7.22. The summed E-state index contributed by atoms with van der Waals surface area (Å²) in [7, 11) is 0. The van der Waals surface area contributed by atoms with Crippen LogP contribution in [0.25, 0.3) is 0 Å². The number of nitrogens with one attached hydrogen (secondary N) is 2. The number of anilines is 1. The highest BCUT2D eigenvalue weighted by atomic mass is 16.1. The Bertz CT molecular complexity index is 593. The topological polar surface area (TPSA) is 54.0 Å². The predicted octanol–water partition coefficient (Wildman–Crippen LogP) is 3.14. The summed E-state index contributed by atoms with van der Waals surface area (Å²) in [6.45, 7) is 5.56. The summed E-state index contributed by atoms with van der Waals surface area (Å²) in [5.41, 5.74) is 3.87. The van der Waals surface area contributed by atoms with Gasteiger partial charge in [0.05, 0.1) is 0 Å². The van der Waals surface area contributed by atoms with Gasteiger partial charge < -0.3 is 10.6 Å². The number of aryl methyl sites for hydroxylation is 1. The first-order chi connectivity index (χ1) is 10.2. The Morgan fingerprint density at radius 3 is 2.62 bits per heavy atom. The van der Waals surface area contributed by atoms with Crippen LogP contribution in [-0.2, 0) is 6.54 Å². The van der Waals surface area contributed by atoms with Gasteiger partial charge in [0, 0.05) is 36.7 Å². The van der Waals surface area contributed by atoms with Crippen LogP contribution in [0, 0.1) is 6.92 Å². The van der Waals surface area contributed by atoms with E-state index in [4.69, 9.17) is 0 Å². The lowest BCUT2D eigenvalue weighted by Gasteiger charge is -2.08. The maximum atomic E-state index is 12.1. The Morgan fingerprint density at radius 1 is 1.19 bits per heavy atom. The number of rotatable bonds is 6. The van der Waals surface area contributed by atoms with E-state index in [1.807, 2.05) is 37.3 Å². The minimum Gasteiger partial charge on any atom is -0.385 e. The highest BCUT2D eigenvalue weighted by Crippen LogP contribution is 2.10. The largest absolute Gasteiger partial charge is 0.385 e. The summed E-state index contributed by atoms with van der Waals surface area (Å²) >= 11 is 0. The Kier molecular flexibility index (Phi) is 5.32. The molecule has 0 aliphatic rings. The molecule has 1 aromatic heterocycles. The van der Waals surface area contributed by atoms with Crippen LogP contribution in [0.4, 0.5) is 5.69 Å². The average molecular weight is 283 g/mol. The second-order valence-electron chi connectivity index (χ2n) is 4.99. The number of pyridine rings is 1. The number of carbonyl (C=O) groups is 1. The molecule has 0 atom stereocenters. The van der Waals surface area contributed by atoms with Crippen molar-refractivity contribution in [1.29, 1.82) is 0 Å². The Balaban J connectivity index is 1.93. The molecule has 2 rings (SSSR count). The molecule has 0 aliphatic heterocycles. The lowest BCUT2D eigenvalue weighted by molar-refractivity contribution is 0.0951. The number of aromatic nitrogens is 1. The molecule has 21 heavy (non-hydrogen) atoms. The molecule has 0 saturated carbocycles. The van der Waals surface area contributed by atoms with E-state index in [0.717, 1.165) is 29.8 Å². The molecule has 0 saturated heterocycles. The van der Waals surface area contributed by atoms with Crippen molar-refractivity contribution in [3.63, 3.8) is 0 Å². The number of hydrogen-bond donors (Lipinski definition) is 2. The summed E-state index contributed by atoms with van der Waals surface area (Å²) in [6, 6.07) is 9.47. The van der Waals surface area contributed by atoms with Gasteiger partial charge in [0.25, 0.3) is 5.91 Å². The molecule has 110 valence electrons. The Labute approximate surface area is 125 Å². The van der Waals surface area contributed by atoms with Gasteiger partial charge in [0.2, 0.25) is 0 Å². The SMILES string of the molecule is CCCNc1ccc(C(=O)NCc2cnccc2C)cc1. The van der Waals surface area contributed by atoms with Crippen LogP contribution in [0.1, 0.15) is 34.8 Å². The number of carbonyl (C=O) groups excluding carboxylic acids is 1. The third-order valence-corrected chi connectivity index (χ3v) is 3.31. The number of nitrogens with zero attached hydrogens (tertiary/aromatic N) is 1. The van der Waals surface area contributed by atoms with E-state index in [-0.39, 0.29) is 5.91 Å². The fourth-order valence-corrected chi connectivity index (χ4v) is 1.97. The van der Waals surface area contributed by atoms with Gasteiger partial charge in [-0.3, -0.25) is 9.78 Å². The molecular weight excluding hydrogens is 262 g/mol. The summed E-state index contributed by atoms with van der Waals surface area (Å²) < 4.78 is 0. The first kappa shape index (κ1) is 15.0. The molecule has 1 amide bonds. The van der Waals surface area contributed by atoms with Crippen molar-refractivity contribution in [3.8, 4) is 0 Å². The second-order valence-corrected chi connectivity index (χ2v) is 4.99. The standard InChI is InChI=1S/C17H21N3O/c1-3-9-19-16-6-4-14(5-7-16)17(21)20-12-15-11-18-10-8-13(15)2/h4-8,10-11,19H,3,9,12H2,1-2H3,(H,20,21). The molecule has 1 aromatic carbocycles. The molecule has 2 aromatic rings. The van der Waals surface area contributed by atoms with Gasteiger partial charge in [-0.05, 0) is 54.8 Å². The van der Waals surface area contributed by atoms with Crippen LogP contribution in [0.15, 0.2) is 42.7 Å². The fourth-order valence-electron chi connectivity index (χ4n) is 1.97. The monoisotopic (exact) mass is 283 g/mol. The van der Waals surface area contributed by atoms with E-state index >= 15 is 0 Å². The molecule has 0 unspecified atom stereocenters. The van der Waals surface area contributed by atoms with Gasteiger partial charge in [0.1, 0.15) is 0 Å². The van der Waals surface area contributed by atoms with Gasteiger partial charge in [-0.2, -0.15) is 0 Å². The van der Waals surface area contributed by atoms with Crippen LogP contribution in [0.3, 0.4) is 0 Å². The molecule has 4 nitrogen and oxygen atoms in total. The molecule has 2 N–H and O–H groups in total. The van der Waals surface area contributed by atoms with Crippen LogP contribution < -0.4 is 10.6 Å². The lowest BCUT2D eigenvalue weighted by Crippen LogP contribution is -2.23. The third-order valence-electron chi connectivity index (χ3n) is 3.31. The van der Waals surface area contributed by atoms with Crippen molar-refractivity contribution < 1.29 is 4.79 Å². The van der Waals surface area contributed by atoms with Crippen molar-refractivity contribution >= 4 is 11.6 Å². The zero-order valence-electron chi connectivity index (χ0n) is 12.5. The van der Waals surface area contributed by atoms with Crippen molar-refractivity contribution in [2.45, 2.75) is 26.8 Å². The molecule has 0 fully saturated rings. The third kappa shape index (κ3) is 4.31. The number of hydrogen-bond acceptors (Lipinski definition) is 3. The van der Waals surface area contributed by atoms with E-state index < -0.39 is 0 Å². The smallest absolute Gasteiger partial charge is 0.251 e. The zero-order valence-corrected chi connectivity index (χ0v) is 12.5. The second kappa shape index (κ2) is 7.43. The van der Waals surface area contributed by atoms with Crippen molar-refractivity contribution in [2.75, 3.05) is 11.9 Å². The lowest BCUT2D eigenvalue weighted by atomic mass is 10.1. The van der Waals surface area contributed by atoms with Gasteiger partial charge in [0.15, 0.2) is 0 Å². The quantitative estimate of drug-likeness (QED) is 0.856. The number of benzene rings is 1. The summed E-state index contributed by atoms with van der Waals surface area (Å²) in [5.74, 6) is -0.0692. The van der Waals surface area contributed by atoms with E-state index in [0.29, 0.717) is 12.1 Å². The summed E-state index contributed by atoms with van der Waals surface area (Å²) in [6.07, 6.45) is 4.61. The van der Waals surface area contributed by atoms with Crippen LogP contribution in [0.2, 0.25) is 0 Å².